The second kappa shape index (κ2) is 3.96. The standard InChI is InChI=1S/C7H6N6OS/c8-5-1-2-9-3-4(5)6(14)10-7-11-12-13-15-7/h1-3H,(H2,8,9)(H,10,11,13,14). The lowest BCUT2D eigenvalue weighted by Crippen LogP contribution is -2.14. The number of aromatic nitrogens is 4. The van der Waals surface area contributed by atoms with Gasteiger partial charge in [0.15, 0.2) is 0 Å². The van der Waals surface area contributed by atoms with Crippen molar-refractivity contribution >= 4 is 28.3 Å². The Labute approximate surface area is 88.5 Å². The minimum Gasteiger partial charge on any atom is -0.398 e. The number of nitrogen functional groups attached to an aromatic ring is 1. The Hall–Kier alpha value is -2.09. The smallest absolute Gasteiger partial charge is 0.261 e. The topological polar surface area (TPSA) is 107 Å². The molecule has 8 heteroatoms. The molecule has 0 aliphatic rings. The Morgan fingerprint density at radius 3 is 3.07 bits per heavy atom. The first-order valence-corrected chi connectivity index (χ1v) is 4.70. The highest BCUT2D eigenvalue weighted by atomic mass is 32.1. The van der Waals surface area contributed by atoms with Gasteiger partial charge in [-0.05, 0) is 11.3 Å². The highest BCUT2D eigenvalue weighted by Crippen LogP contribution is 2.12. The van der Waals surface area contributed by atoms with Gasteiger partial charge in [0.1, 0.15) is 0 Å². The summed E-state index contributed by atoms with van der Waals surface area (Å²) in [6.07, 6.45) is 2.90. The van der Waals surface area contributed by atoms with E-state index in [2.05, 4.69) is 25.1 Å². The number of nitrogens with two attached hydrogens (primary N) is 1. The molecule has 0 saturated heterocycles. The molecule has 2 aromatic heterocycles. The third kappa shape index (κ3) is 2.05. The van der Waals surface area contributed by atoms with Crippen LogP contribution in [0, 0.1) is 0 Å². The molecule has 1 amide bonds. The summed E-state index contributed by atoms with van der Waals surface area (Å²) in [5.74, 6) is -0.376. The van der Waals surface area contributed by atoms with E-state index in [1.54, 1.807) is 6.07 Å². The monoisotopic (exact) mass is 222 g/mol. The number of nitrogens with one attached hydrogen (secondary N) is 1. The number of pyridine rings is 1. The van der Waals surface area contributed by atoms with Gasteiger partial charge in [0.2, 0.25) is 5.13 Å². The van der Waals surface area contributed by atoms with Gasteiger partial charge in [-0.3, -0.25) is 15.1 Å². The fourth-order valence-electron chi connectivity index (χ4n) is 0.941. The van der Waals surface area contributed by atoms with Crippen molar-refractivity contribution in [1.82, 2.24) is 19.8 Å². The zero-order valence-corrected chi connectivity index (χ0v) is 8.23. The summed E-state index contributed by atoms with van der Waals surface area (Å²) < 4.78 is 3.51. The second-order valence-corrected chi connectivity index (χ2v) is 3.32. The zero-order chi connectivity index (χ0) is 10.7. The summed E-state index contributed by atoms with van der Waals surface area (Å²) in [5.41, 5.74) is 6.26. The number of carbonyl (C=O) groups is 1. The number of hydrogen-bond donors (Lipinski definition) is 2. The number of anilines is 2. The molecule has 2 rings (SSSR count). The van der Waals surface area contributed by atoms with Gasteiger partial charge in [0, 0.05) is 29.6 Å². The van der Waals surface area contributed by atoms with Crippen LogP contribution in [-0.2, 0) is 0 Å². The van der Waals surface area contributed by atoms with Crippen molar-refractivity contribution in [2.24, 2.45) is 0 Å². The van der Waals surface area contributed by atoms with Crippen LogP contribution in [0.5, 0.6) is 0 Å². The van der Waals surface area contributed by atoms with Crippen LogP contribution >= 0.6 is 11.5 Å². The van der Waals surface area contributed by atoms with Crippen molar-refractivity contribution in [3.05, 3.63) is 24.0 Å². The molecule has 3 N–H and O–H groups in total. The summed E-state index contributed by atoms with van der Waals surface area (Å²) in [5, 5.41) is 9.75. The van der Waals surface area contributed by atoms with Crippen LogP contribution in [0.25, 0.3) is 0 Å². The maximum absolute atomic E-state index is 11.6. The van der Waals surface area contributed by atoms with Crippen molar-refractivity contribution in [1.29, 1.82) is 0 Å². The van der Waals surface area contributed by atoms with E-state index in [9.17, 15) is 4.79 Å². The van der Waals surface area contributed by atoms with E-state index < -0.39 is 0 Å². The highest BCUT2D eigenvalue weighted by Gasteiger charge is 2.11. The van der Waals surface area contributed by atoms with Gasteiger partial charge in [0.25, 0.3) is 5.91 Å². The minimum absolute atomic E-state index is 0.299. The molecule has 0 fully saturated rings. The van der Waals surface area contributed by atoms with Crippen LogP contribution in [0.15, 0.2) is 18.5 Å². The number of carbonyl (C=O) groups excluding carboxylic acids is 1. The van der Waals surface area contributed by atoms with Gasteiger partial charge in [-0.15, -0.1) is 0 Å². The van der Waals surface area contributed by atoms with Crippen molar-refractivity contribution < 1.29 is 4.79 Å². The molecule has 7 nitrogen and oxygen atoms in total. The summed E-state index contributed by atoms with van der Waals surface area (Å²) in [6, 6.07) is 1.55. The normalized spacial score (nSPS) is 9.87. The van der Waals surface area contributed by atoms with Gasteiger partial charge in [-0.25, -0.2) is 0 Å². The first-order chi connectivity index (χ1) is 7.27. The molecule has 0 aromatic carbocycles. The molecule has 0 aliphatic carbocycles. The first-order valence-electron chi connectivity index (χ1n) is 3.93. The Bertz CT molecular complexity index is 470. The van der Waals surface area contributed by atoms with Crippen LogP contribution in [0.1, 0.15) is 10.4 Å². The Balaban J connectivity index is 2.19. The summed E-state index contributed by atoms with van der Waals surface area (Å²) in [7, 11) is 0. The maximum atomic E-state index is 11.6. The predicted molar refractivity (Wildman–Crippen MR) is 54.3 cm³/mol. The van der Waals surface area contributed by atoms with Crippen LogP contribution in [0.4, 0.5) is 10.8 Å². The van der Waals surface area contributed by atoms with E-state index >= 15 is 0 Å². The average molecular weight is 222 g/mol. The van der Waals surface area contributed by atoms with Crippen molar-refractivity contribution in [2.45, 2.75) is 0 Å². The number of hydrogen-bond acceptors (Lipinski definition) is 7. The molecule has 76 valence electrons. The molecule has 0 spiro atoms. The quantitative estimate of drug-likeness (QED) is 0.749. The van der Waals surface area contributed by atoms with Gasteiger partial charge < -0.3 is 5.73 Å². The molecule has 0 bridgehead atoms. The van der Waals surface area contributed by atoms with Crippen LogP contribution in [0.2, 0.25) is 0 Å². The minimum atomic E-state index is -0.376. The fourth-order valence-corrected chi connectivity index (χ4v) is 1.30. The molecule has 2 aromatic rings. The summed E-state index contributed by atoms with van der Waals surface area (Å²) >= 11 is 0.986. The van der Waals surface area contributed by atoms with E-state index in [1.165, 1.54) is 12.4 Å². The molecular weight excluding hydrogens is 216 g/mol. The zero-order valence-electron chi connectivity index (χ0n) is 7.41. The molecule has 0 radical (unpaired) electrons. The summed E-state index contributed by atoms with van der Waals surface area (Å²) in [6.45, 7) is 0. The largest absolute Gasteiger partial charge is 0.398 e. The van der Waals surface area contributed by atoms with Crippen molar-refractivity contribution in [3.63, 3.8) is 0 Å². The third-order valence-corrected chi connectivity index (χ3v) is 2.13. The molecule has 2 heterocycles. The van der Waals surface area contributed by atoms with Crippen molar-refractivity contribution in [2.75, 3.05) is 11.1 Å². The van der Waals surface area contributed by atoms with E-state index in [1.807, 2.05) is 0 Å². The second-order valence-electron chi connectivity index (χ2n) is 2.58. The van der Waals surface area contributed by atoms with Crippen LogP contribution in [-0.4, -0.2) is 25.7 Å². The van der Waals surface area contributed by atoms with Crippen LogP contribution < -0.4 is 11.1 Å². The number of amides is 1. The van der Waals surface area contributed by atoms with Crippen LogP contribution in [0.3, 0.4) is 0 Å². The molecule has 0 unspecified atom stereocenters. The maximum Gasteiger partial charge on any atom is 0.261 e. The average Bonchev–Trinajstić information content (AvgIpc) is 2.71. The molecule has 0 atom stereocenters. The third-order valence-electron chi connectivity index (χ3n) is 1.62. The molecular formula is C7H6N6OS. The lowest BCUT2D eigenvalue weighted by Gasteiger charge is -2.02. The predicted octanol–water partition coefficient (Wildman–Crippen LogP) is 0.163. The van der Waals surface area contributed by atoms with E-state index in [0.717, 1.165) is 11.5 Å². The SMILES string of the molecule is Nc1ccncc1C(=O)Nc1nnns1. The summed E-state index contributed by atoms with van der Waals surface area (Å²) in [4.78, 5) is 15.4. The Kier molecular flexibility index (Phi) is 2.50. The van der Waals surface area contributed by atoms with Gasteiger partial charge in [-0.2, -0.15) is 0 Å². The Morgan fingerprint density at radius 1 is 1.53 bits per heavy atom. The fraction of sp³-hybridized carbons (Fsp3) is 0. The Morgan fingerprint density at radius 2 is 2.40 bits per heavy atom. The van der Waals surface area contributed by atoms with E-state index in [0.29, 0.717) is 16.4 Å². The lowest BCUT2D eigenvalue weighted by atomic mass is 10.2. The number of rotatable bonds is 2. The van der Waals surface area contributed by atoms with E-state index in [-0.39, 0.29) is 5.91 Å². The van der Waals surface area contributed by atoms with Gasteiger partial charge in [-0.1, -0.05) is 9.59 Å². The molecule has 15 heavy (non-hydrogen) atoms. The van der Waals surface area contributed by atoms with Crippen molar-refractivity contribution in [3.8, 4) is 0 Å². The highest BCUT2D eigenvalue weighted by molar-refractivity contribution is 7.09. The first kappa shape index (κ1) is 9.46. The van der Waals surface area contributed by atoms with Gasteiger partial charge >= 0.3 is 0 Å². The molecule has 0 saturated carbocycles. The molecule has 0 aliphatic heterocycles. The number of nitrogens with zero attached hydrogens (tertiary/aromatic N) is 4. The van der Waals surface area contributed by atoms with Gasteiger partial charge in [0.05, 0.1) is 5.56 Å². The van der Waals surface area contributed by atoms with E-state index in [4.69, 9.17) is 5.73 Å². The lowest BCUT2D eigenvalue weighted by molar-refractivity contribution is 0.102.